The summed E-state index contributed by atoms with van der Waals surface area (Å²) in [6.07, 6.45) is 6.75. The van der Waals surface area contributed by atoms with Crippen LogP contribution in [0.4, 0.5) is 0 Å². The van der Waals surface area contributed by atoms with E-state index in [9.17, 15) is 0 Å². The van der Waals surface area contributed by atoms with E-state index in [-0.39, 0.29) is 0 Å². The Bertz CT molecular complexity index is 615. The van der Waals surface area contributed by atoms with Crippen molar-refractivity contribution in [2.75, 3.05) is 0 Å². The number of fused-ring (bicyclic) bond motifs is 1. The first-order valence-electron chi connectivity index (χ1n) is 7.90. The minimum Gasteiger partial charge on any atom is -0.271 e. The zero-order valence-corrected chi connectivity index (χ0v) is 13.0. The Balaban J connectivity index is 1.89. The van der Waals surface area contributed by atoms with E-state index in [2.05, 4.69) is 48.5 Å². The second-order valence-corrected chi connectivity index (χ2v) is 6.95. The van der Waals surface area contributed by atoms with Crippen LogP contribution in [0, 0.1) is 11.3 Å². The molecule has 1 aliphatic carbocycles. The predicted octanol–water partition coefficient (Wildman–Crippen LogP) is 3.44. The SMILES string of the molecule is CC1(C)CCCC1C(Cc1ccnc2ccccc12)NN. The van der Waals surface area contributed by atoms with E-state index in [4.69, 9.17) is 5.84 Å². The van der Waals surface area contributed by atoms with Crippen molar-refractivity contribution in [3.8, 4) is 0 Å². The fraction of sp³-hybridized carbons (Fsp3) is 0.500. The van der Waals surface area contributed by atoms with Crippen molar-refractivity contribution in [2.45, 2.75) is 45.6 Å². The van der Waals surface area contributed by atoms with Crippen molar-refractivity contribution in [1.29, 1.82) is 0 Å². The molecule has 0 spiro atoms. The molecule has 1 fully saturated rings. The molecular formula is C18H25N3. The molecule has 1 saturated carbocycles. The number of benzene rings is 1. The molecule has 1 aromatic carbocycles. The molecule has 0 saturated heterocycles. The Labute approximate surface area is 126 Å². The predicted molar refractivity (Wildman–Crippen MR) is 87.7 cm³/mol. The van der Waals surface area contributed by atoms with Crippen LogP contribution in [0.3, 0.4) is 0 Å². The van der Waals surface area contributed by atoms with Crippen LogP contribution in [-0.4, -0.2) is 11.0 Å². The normalized spacial score (nSPS) is 22.5. The number of aromatic nitrogens is 1. The van der Waals surface area contributed by atoms with Crippen molar-refractivity contribution in [3.05, 3.63) is 42.1 Å². The first-order valence-corrected chi connectivity index (χ1v) is 7.90. The van der Waals surface area contributed by atoms with E-state index in [1.54, 1.807) is 0 Å². The number of hydrogen-bond acceptors (Lipinski definition) is 3. The highest BCUT2D eigenvalue weighted by Crippen LogP contribution is 2.44. The van der Waals surface area contributed by atoms with E-state index in [0.717, 1.165) is 11.9 Å². The zero-order chi connectivity index (χ0) is 14.9. The van der Waals surface area contributed by atoms with Crippen LogP contribution in [0.1, 0.15) is 38.7 Å². The molecule has 2 unspecified atom stereocenters. The smallest absolute Gasteiger partial charge is 0.0704 e. The van der Waals surface area contributed by atoms with Crippen molar-refractivity contribution in [1.82, 2.24) is 10.4 Å². The molecule has 1 aromatic heterocycles. The first-order chi connectivity index (χ1) is 10.1. The number of nitrogens with two attached hydrogens (primary N) is 1. The topological polar surface area (TPSA) is 50.9 Å². The first kappa shape index (κ1) is 14.5. The van der Waals surface area contributed by atoms with Crippen LogP contribution in [0.2, 0.25) is 0 Å². The Hall–Kier alpha value is -1.45. The molecule has 3 heteroatoms. The van der Waals surface area contributed by atoms with Crippen LogP contribution in [0.25, 0.3) is 10.9 Å². The summed E-state index contributed by atoms with van der Waals surface area (Å²) in [7, 11) is 0. The summed E-state index contributed by atoms with van der Waals surface area (Å²) >= 11 is 0. The molecule has 0 aliphatic heterocycles. The standard InChI is InChI=1S/C18H25N3/c1-18(2)10-5-7-15(18)17(21-19)12-13-9-11-20-16-8-4-3-6-14(13)16/h3-4,6,8-9,11,15,17,21H,5,7,10,12,19H2,1-2H3. The van der Waals surface area contributed by atoms with Gasteiger partial charge in [-0.15, -0.1) is 0 Å². The molecule has 3 nitrogen and oxygen atoms in total. The summed E-state index contributed by atoms with van der Waals surface area (Å²) in [6.45, 7) is 4.75. The van der Waals surface area contributed by atoms with Crippen LogP contribution < -0.4 is 11.3 Å². The summed E-state index contributed by atoms with van der Waals surface area (Å²) in [5.74, 6) is 6.53. The summed E-state index contributed by atoms with van der Waals surface area (Å²) in [5.41, 5.74) is 5.87. The van der Waals surface area contributed by atoms with Gasteiger partial charge in [0.15, 0.2) is 0 Å². The number of pyridine rings is 1. The Morgan fingerprint density at radius 1 is 1.33 bits per heavy atom. The molecule has 3 N–H and O–H groups in total. The van der Waals surface area contributed by atoms with Gasteiger partial charge in [-0.05, 0) is 48.3 Å². The van der Waals surface area contributed by atoms with E-state index >= 15 is 0 Å². The lowest BCUT2D eigenvalue weighted by molar-refractivity contribution is 0.196. The van der Waals surface area contributed by atoms with Gasteiger partial charge in [-0.2, -0.15) is 0 Å². The van der Waals surface area contributed by atoms with Gasteiger partial charge < -0.3 is 0 Å². The Kier molecular flexibility index (Phi) is 3.96. The lowest BCUT2D eigenvalue weighted by atomic mass is 9.76. The van der Waals surface area contributed by atoms with Gasteiger partial charge in [0, 0.05) is 17.6 Å². The number of nitrogens with zero attached hydrogens (tertiary/aromatic N) is 1. The van der Waals surface area contributed by atoms with Crippen molar-refractivity contribution in [3.63, 3.8) is 0 Å². The van der Waals surface area contributed by atoms with Crippen molar-refractivity contribution >= 4 is 10.9 Å². The molecule has 21 heavy (non-hydrogen) atoms. The lowest BCUT2D eigenvalue weighted by Crippen LogP contribution is -2.45. The van der Waals surface area contributed by atoms with Crippen molar-refractivity contribution < 1.29 is 0 Å². The number of rotatable bonds is 4. The number of para-hydroxylation sites is 1. The van der Waals surface area contributed by atoms with Crippen LogP contribution in [-0.2, 0) is 6.42 Å². The highest BCUT2D eigenvalue weighted by molar-refractivity contribution is 5.81. The number of hydrazine groups is 1. The molecule has 0 radical (unpaired) electrons. The summed E-state index contributed by atoms with van der Waals surface area (Å²) in [4.78, 5) is 4.45. The van der Waals surface area contributed by atoms with Gasteiger partial charge >= 0.3 is 0 Å². The average Bonchev–Trinajstić information content (AvgIpc) is 2.84. The second-order valence-electron chi connectivity index (χ2n) is 6.95. The third kappa shape index (κ3) is 2.81. The third-order valence-electron chi connectivity index (χ3n) is 5.22. The molecule has 0 amide bonds. The van der Waals surface area contributed by atoms with Gasteiger partial charge in [0.1, 0.15) is 0 Å². The summed E-state index contributed by atoms with van der Waals surface area (Å²) < 4.78 is 0. The molecule has 3 rings (SSSR count). The Morgan fingerprint density at radius 2 is 2.14 bits per heavy atom. The monoisotopic (exact) mass is 283 g/mol. The molecule has 2 aromatic rings. The fourth-order valence-electron chi connectivity index (χ4n) is 3.99. The molecular weight excluding hydrogens is 258 g/mol. The quantitative estimate of drug-likeness (QED) is 0.667. The van der Waals surface area contributed by atoms with Gasteiger partial charge in [0.25, 0.3) is 0 Å². The average molecular weight is 283 g/mol. The number of nitrogens with one attached hydrogen (secondary N) is 1. The van der Waals surface area contributed by atoms with Gasteiger partial charge in [-0.3, -0.25) is 16.3 Å². The molecule has 112 valence electrons. The van der Waals surface area contributed by atoms with Crippen LogP contribution in [0.15, 0.2) is 36.5 Å². The van der Waals surface area contributed by atoms with E-state index in [1.807, 2.05) is 12.3 Å². The molecule has 2 atom stereocenters. The van der Waals surface area contributed by atoms with E-state index in [0.29, 0.717) is 17.4 Å². The van der Waals surface area contributed by atoms with Gasteiger partial charge in [0.05, 0.1) is 5.52 Å². The molecule has 1 heterocycles. The highest BCUT2D eigenvalue weighted by atomic mass is 15.2. The van der Waals surface area contributed by atoms with Gasteiger partial charge in [-0.25, -0.2) is 0 Å². The third-order valence-corrected chi connectivity index (χ3v) is 5.22. The molecule has 0 bridgehead atoms. The maximum atomic E-state index is 5.90. The van der Waals surface area contributed by atoms with E-state index in [1.165, 1.54) is 30.2 Å². The fourth-order valence-corrected chi connectivity index (χ4v) is 3.99. The maximum absolute atomic E-state index is 5.90. The Morgan fingerprint density at radius 3 is 2.86 bits per heavy atom. The van der Waals surface area contributed by atoms with Gasteiger partial charge in [0.2, 0.25) is 0 Å². The van der Waals surface area contributed by atoms with Crippen molar-refractivity contribution in [2.24, 2.45) is 17.2 Å². The number of hydrogen-bond donors (Lipinski definition) is 2. The largest absolute Gasteiger partial charge is 0.271 e. The minimum atomic E-state index is 0.327. The maximum Gasteiger partial charge on any atom is 0.0704 e. The van der Waals surface area contributed by atoms with E-state index < -0.39 is 0 Å². The second kappa shape index (κ2) is 5.74. The zero-order valence-electron chi connectivity index (χ0n) is 13.0. The van der Waals surface area contributed by atoms with Gasteiger partial charge in [-0.1, -0.05) is 38.5 Å². The highest BCUT2D eigenvalue weighted by Gasteiger charge is 2.39. The minimum absolute atomic E-state index is 0.327. The van der Waals surface area contributed by atoms with Crippen LogP contribution in [0.5, 0.6) is 0 Å². The van der Waals surface area contributed by atoms with Crippen LogP contribution >= 0.6 is 0 Å². The molecule has 1 aliphatic rings. The summed E-state index contributed by atoms with van der Waals surface area (Å²) in [5, 5.41) is 1.25. The summed E-state index contributed by atoms with van der Waals surface area (Å²) in [6, 6.07) is 10.8. The lowest BCUT2D eigenvalue weighted by Gasteiger charge is -2.34.